The van der Waals surface area contributed by atoms with Crippen molar-refractivity contribution in [2.45, 2.75) is 154 Å². The van der Waals surface area contributed by atoms with Crippen LogP contribution in [0, 0.1) is 17.8 Å². The Labute approximate surface area is 378 Å². The molecule has 0 radical (unpaired) electrons. The Morgan fingerprint density at radius 2 is 1.59 bits per heavy atom. The summed E-state index contributed by atoms with van der Waals surface area (Å²) in [5.41, 5.74) is 5.38. The largest absolute Gasteiger partial charge is 0.380 e. The highest BCUT2D eigenvalue weighted by Crippen LogP contribution is 2.29. The zero-order valence-electron chi connectivity index (χ0n) is 39.4. The number of amides is 8. The Morgan fingerprint density at radius 1 is 0.921 bits per heavy atom. The standard InChI is InChI=1S/C43H76N8O11S/c1-12-27(6)39(31(61-11)21-35(54)50-20-16-17-30(50)28(7)60-10)49(9)43(59)37(25(2)3)47-41(57)38(26(4)5)48(8)34(53)18-14-13-15-19-51-36(55)22-32(42(51)58)63-24-29(40(44)56)46-33(52)23-62-45/h25-32,37-39H,12-24,45H2,1-11H3,(H2,44,56)(H,46,52)(H,47,57)/t27-,28+,29?,30-,31+,32?,37+,38-,39?/m0/s1. The van der Waals surface area contributed by atoms with Crippen molar-refractivity contribution in [3.63, 3.8) is 0 Å². The van der Waals surface area contributed by atoms with Gasteiger partial charge in [-0.15, -0.1) is 11.8 Å². The van der Waals surface area contributed by atoms with Crippen molar-refractivity contribution in [1.29, 1.82) is 0 Å². The predicted molar refractivity (Wildman–Crippen MR) is 238 cm³/mol. The van der Waals surface area contributed by atoms with Gasteiger partial charge >= 0.3 is 0 Å². The van der Waals surface area contributed by atoms with E-state index in [9.17, 15) is 38.4 Å². The summed E-state index contributed by atoms with van der Waals surface area (Å²) in [4.78, 5) is 115. The lowest BCUT2D eigenvalue weighted by molar-refractivity contribution is -0.148. The number of hydrogen-bond donors (Lipinski definition) is 4. The molecule has 9 atom stereocenters. The number of unbranched alkanes of at least 4 members (excludes halogenated alkanes) is 2. The number of rotatable bonds is 28. The maximum Gasteiger partial charge on any atom is 0.248 e. The van der Waals surface area contributed by atoms with Gasteiger partial charge in [-0.2, -0.15) is 0 Å². The highest BCUT2D eigenvalue weighted by atomic mass is 32.2. The number of ether oxygens (including phenoxy) is 2. The monoisotopic (exact) mass is 913 g/mol. The minimum atomic E-state index is -1.09. The van der Waals surface area contributed by atoms with E-state index < -0.39 is 65.8 Å². The lowest BCUT2D eigenvalue weighted by atomic mass is 9.89. The van der Waals surface area contributed by atoms with Crippen LogP contribution < -0.4 is 22.3 Å². The third kappa shape index (κ3) is 15.7. The SMILES string of the molecule is CC[C@H](C)C([C@@H](CC(=O)N1CCC[C@H]1[C@@H](C)OC)OC)N(C)C(=O)[C@H](NC(=O)[C@H](C(C)C)N(C)C(=O)CCCCCN1C(=O)CC(SCC(NC(=O)CON)C(N)=O)C1=O)C(C)C. The maximum atomic E-state index is 14.4. The van der Waals surface area contributed by atoms with Gasteiger partial charge < -0.3 is 40.5 Å². The number of nitrogens with zero attached hydrogens (tertiary/aromatic N) is 4. The number of likely N-dealkylation sites (N-methyl/N-ethyl adjacent to an activating group) is 2. The van der Waals surface area contributed by atoms with Crippen LogP contribution in [0.1, 0.15) is 106 Å². The quantitative estimate of drug-likeness (QED) is 0.0490. The van der Waals surface area contributed by atoms with E-state index in [-0.39, 0.29) is 85.1 Å². The van der Waals surface area contributed by atoms with E-state index in [4.69, 9.17) is 21.1 Å². The number of carbonyl (C=O) groups excluding carboxylic acids is 8. The van der Waals surface area contributed by atoms with Gasteiger partial charge in [-0.25, -0.2) is 5.90 Å². The molecule has 0 aliphatic carbocycles. The van der Waals surface area contributed by atoms with E-state index >= 15 is 0 Å². The molecule has 0 spiro atoms. The predicted octanol–water partition coefficient (Wildman–Crippen LogP) is 1.20. The number of methoxy groups -OCH3 is 2. The second-order valence-electron chi connectivity index (χ2n) is 17.5. The molecule has 2 heterocycles. The fourth-order valence-corrected chi connectivity index (χ4v) is 9.66. The molecule has 0 saturated carbocycles. The van der Waals surface area contributed by atoms with Crippen molar-refractivity contribution in [2.75, 3.05) is 53.8 Å². The Balaban J connectivity index is 2.03. The van der Waals surface area contributed by atoms with Gasteiger partial charge in [0.1, 0.15) is 24.7 Å². The average Bonchev–Trinajstić information content (AvgIpc) is 3.83. The normalized spacial score (nSPS) is 20.0. The lowest BCUT2D eigenvalue weighted by Gasteiger charge is -2.41. The van der Waals surface area contributed by atoms with Gasteiger partial charge in [0.05, 0.1) is 36.0 Å². The van der Waals surface area contributed by atoms with E-state index in [2.05, 4.69) is 15.5 Å². The molecule has 2 fully saturated rings. The van der Waals surface area contributed by atoms with Gasteiger partial charge in [0.15, 0.2) is 0 Å². The van der Waals surface area contributed by atoms with Crippen molar-refractivity contribution in [2.24, 2.45) is 29.4 Å². The molecular formula is C43H76N8O11S. The van der Waals surface area contributed by atoms with Crippen LogP contribution >= 0.6 is 11.8 Å². The highest BCUT2D eigenvalue weighted by Gasteiger charge is 2.42. The van der Waals surface area contributed by atoms with Gasteiger partial charge in [-0.05, 0) is 50.4 Å². The van der Waals surface area contributed by atoms with E-state index in [0.717, 1.165) is 31.0 Å². The van der Waals surface area contributed by atoms with Crippen LogP contribution in [0.4, 0.5) is 0 Å². The summed E-state index contributed by atoms with van der Waals surface area (Å²) in [5.74, 6) is 0.915. The molecule has 63 heavy (non-hydrogen) atoms. The summed E-state index contributed by atoms with van der Waals surface area (Å²) < 4.78 is 11.5. The van der Waals surface area contributed by atoms with Crippen molar-refractivity contribution < 1.29 is 52.7 Å². The molecule has 6 N–H and O–H groups in total. The van der Waals surface area contributed by atoms with Gasteiger partial charge in [-0.1, -0.05) is 54.4 Å². The number of hydrogen-bond acceptors (Lipinski definition) is 13. The number of carbonyl (C=O) groups is 8. The first-order valence-electron chi connectivity index (χ1n) is 22.2. The molecule has 0 aromatic rings. The van der Waals surface area contributed by atoms with Gasteiger partial charge in [-0.3, -0.25) is 48.1 Å². The number of nitrogens with two attached hydrogens (primary N) is 2. The summed E-state index contributed by atoms with van der Waals surface area (Å²) in [6, 6.07) is -3.38. The van der Waals surface area contributed by atoms with Crippen LogP contribution in [0.2, 0.25) is 0 Å². The molecule has 360 valence electrons. The van der Waals surface area contributed by atoms with E-state index in [1.807, 2.05) is 53.4 Å². The van der Waals surface area contributed by atoms with Crippen LogP contribution in [0.25, 0.3) is 0 Å². The minimum absolute atomic E-state index is 0.0223. The Bertz CT molecular complexity index is 1570. The van der Waals surface area contributed by atoms with E-state index in [1.165, 1.54) is 9.80 Å². The molecule has 0 aromatic carbocycles. The Hall–Kier alpha value is -3.85. The third-order valence-electron chi connectivity index (χ3n) is 12.4. The number of thioether (sulfide) groups is 1. The van der Waals surface area contributed by atoms with Crippen molar-refractivity contribution >= 4 is 59.0 Å². The van der Waals surface area contributed by atoms with Crippen LogP contribution in [0.5, 0.6) is 0 Å². The summed E-state index contributed by atoms with van der Waals surface area (Å²) in [6.07, 6.45) is 3.31. The van der Waals surface area contributed by atoms with Gasteiger partial charge in [0.2, 0.25) is 47.3 Å². The van der Waals surface area contributed by atoms with Crippen LogP contribution in [-0.4, -0.2) is 168 Å². The number of primary amides is 1. The average molecular weight is 913 g/mol. The first kappa shape index (κ1) is 55.3. The Morgan fingerprint density at radius 3 is 2.14 bits per heavy atom. The number of imide groups is 1. The second kappa shape index (κ2) is 26.8. The summed E-state index contributed by atoms with van der Waals surface area (Å²) in [6.45, 7) is 13.7. The molecule has 2 rings (SSSR count). The van der Waals surface area contributed by atoms with Gasteiger partial charge in [0, 0.05) is 60.0 Å². The highest BCUT2D eigenvalue weighted by molar-refractivity contribution is 8.00. The molecule has 0 bridgehead atoms. The van der Waals surface area contributed by atoms with Crippen LogP contribution in [0.3, 0.4) is 0 Å². The molecular weight excluding hydrogens is 837 g/mol. The molecule has 3 unspecified atom stereocenters. The molecule has 19 nitrogen and oxygen atoms in total. The van der Waals surface area contributed by atoms with Crippen molar-refractivity contribution in [1.82, 2.24) is 30.2 Å². The zero-order valence-corrected chi connectivity index (χ0v) is 40.2. The zero-order chi connectivity index (χ0) is 47.7. The molecule has 2 aliphatic heterocycles. The molecule has 8 amide bonds. The van der Waals surface area contributed by atoms with Gasteiger partial charge in [0.25, 0.3) is 0 Å². The minimum Gasteiger partial charge on any atom is -0.380 e. The van der Waals surface area contributed by atoms with E-state index in [1.54, 1.807) is 33.2 Å². The summed E-state index contributed by atoms with van der Waals surface area (Å²) >= 11 is 1.05. The number of nitrogens with one attached hydrogen (secondary N) is 2. The third-order valence-corrected chi connectivity index (χ3v) is 13.7. The first-order valence-corrected chi connectivity index (χ1v) is 23.3. The molecule has 2 aliphatic rings. The lowest BCUT2D eigenvalue weighted by Crippen LogP contribution is -2.60. The second-order valence-corrected chi connectivity index (χ2v) is 18.8. The number of likely N-dealkylation sites (tertiary alicyclic amines) is 2. The van der Waals surface area contributed by atoms with Crippen molar-refractivity contribution in [3.05, 3.63) is 0 Å². The fourth-order valence-electron chi connectivity index (χ4n) is 8.45. The summed E-state index contributed by atoms with van der Waals surface area (Å²) in [5, 5.41) is 4.61. The first-order chi connectivity index (χ1) is 29.7. The fraction of sp³-hybridized carbons (Fsp3) is 0.814. The topological polar surface area (TPSA) is 253 Å². The molecule has 20 heteroatoms. The molecule has 2 saturated heterocycles. The molecule has 0 aromatic heterocycles. The Kier molecular flexibility index (Phi) is 23.5. The van der Waals surface area contributed by atoms with Crippen LogP contribution in [-0.2, 0) is 52.7 Å². The summed E-state index contributed by atoms with van der Waals surface area (Å²) in [7, 11) is 6.46. The van der Waals surface area contributed by atoms with E-state index in [0.29, 0.717) is 25.8 Å². The maximum absolute atomic E-state index is 14.4. The van der Waals surface area contributed by atoms with Crippen molar-refractivity contribution in [3.8, 4) is 0 Å². The van der Waals surface area contributed by atoms with Crippen LogP contribution in [0.15, 0.2) is 0 Å². The smallest absolute Gasteiger partial charge is 0.248 e.